The van der Waals surface area contributed by atoms with E-state index in [0.29, 0.717) is 17.3 Å². The van der Waals surface area contributed by atoms with Crippen LogP contribution in [0.4, 0.5) is 0 Å². The van der Waals surface area contributed by atoms with E-state index in [1.807, 2.05) is 12.1 Å². The Bertz CT molecular complexity index is 1190. The first-order valence-corrected chi connectivity index (χ1v) is 13.7. The number of ether oxygens (including phenoxy) is 4. The topological polar surface area (TPSA) is 135 Å². The summed E-state index contributed by atoms with van der Waals surface area (Å²) < 4.78 is 23.4. The summed E-state index contributed by atoms with van der Waals surface area (Å²) in [6.07, 6.45) is 3.26. The summed E-state index contributed by atoms with van der Waals surface area (Å²) in [5, 5.41) is 31.0. The van der Waals surface area contributed by atoms with Gasteiger partial charge in [-0.15, -0.1) is 0 Å². The fourth-order valence-electron chi connectivity index (χ4n) is 7.12. The highest BCUT2D eigenvalue weighted by Crippen LogP contribution is 2.59. The number of esters is 1. The summed E-state index contributed by atoms with van der Waals surface area (Å²) in [5.41, 5.74) is -2.58. The van der Waals surface area contributed by atoms with E-state index < -0.39 is 46.6 Å². The second kappa shape index (κ2) is 9.67. The number of hydrogen-bond donors (Lipinski definition) is 3. The van der Waals surface area contributed by atoms with Crippen LogP contribution in [0.3, 0.4) is 0 Å². The average Bonchev–Trinajstić information content (AvgIpc) is 3.52. The smallest absolute Gasteiger partial charge is 0.339 e. The maximum atomic E-state index is 13.7. The second-order valence-electron chi connectivity index (χ2n) is 12.1. The molecule has 0 aromatic heterocycles. The van der Waals surface area contributed by atoms with Crippen molar-refractivity contribution in [3.8, 4) is 11.5 Å². The van der Waals surface area contributed by atoms with Crippen LogP contribution in [0.1, 0.15) is 70.4 Å². The second-order valence-corrected chi connectivity index (χ2v) is 12.1. The van der Waals surface area contributed by atoms with E-state index in [1.54, 1.807) is 13.8 Å². The number of benzene rings is 1. The Morgan fingerprint density at radius 1 is 1.15 bits per heavy atom. The van der Waals surface area contributed by atoms with Crippen LogP contribution in [0.25, 0.3) is 0 Å². The summed E-state index contributed by atoms with van der Waals surface area (Å²) in [6, 6.07) is 3.97. The van der Waals surface area contributed by atoms with Gasteiger partial charge in [0.1, 0.15) is 5.76 Å². The number of hydrogen-bond acceptors (Lipinski definition) is 9. The van der Waals surface area contributed by atoms with Gasteiger partial charge in [0, 0.05) is 6.54 Å². The molecule has 3 N–H and O–H groups in total. The molecule has 5 rings (SSSR count). The molecule has 1 fully saturated rings. The van der Waals surface area contributed by atoms with Crippen molar-refractivity contribution in [1.82, 2.24) is 4.90 Å². The molecule has 1 aromatic carbocycles. The third-order valence-electron chi connectivity index (χ3n) is 9.09. The molecule has 0 amide bonds. The number of fused-ring (bicyclic) bond motifs is 3. The normalized spacial score (nSPS) is 29.0. The van der Waals surface area contributed by atoms with Crippen LogP contribution in [0.2, 0.25) is 0 Å². The van der Waals surface area contributed by atoms with Gasteiger partial charge < -0.3 is 34.3 Å². The first-order chi connectivity index (χ1) is 18.3. The van der Waals surface area contributed by atoms with Gasteiger partial charge in [0.2, 0.25) is 6.79 Å². The first-order valence-electron chi connectivity index (χ1n) is 13.7. The molecule has 1 aliphatic carbocycles. The molecule has 4 unspecified atom stereocenters. The van der Waals surface area contributed by atoms with Crippen molar-refractivity contribution in [1.29, 1.82) is 0 Å². The third-order valence-corrected chi connectivity index (χ3v) is 9.09. The number of aliphatic carboxylic acids is 1. The quantitative estimate of drug-likeness (QED) is 0.398. The zero-order chi connectivity index (χ0) is 28.2. The molecule has 10 nitrogen and oxygen atoms in total. The predicted octanol–water partition coefficient (Wildman–Crippen LogP) is 2.67. The molecule has 214 valence electrons. The van der Waals surface area contributed by atoms with Crippen LogP contribution in [-0.2, 0) is 30.9 Å². The van der Waals surface area contributed by atoms with Crippen LogP contribution in [-0.4, -0.2) is 82.0 Å². The predicted molar refractivity (Wildman–Crippen MR) is 139 cm³/mol. The van der Waals surface area contributed by atoms with Crippen LogP contribution >= 0.6 is 0 Å². The van der Waals surface area contributed by atoms with Gasteiger partial charge in [-0.25, -0.2) is 4.79 Å². The molecule has 3 heterocycles. The Kier molecular flexibility index (Phi) is 6.88. The minimum absolute atomic E-state index is 0.138. The third kappa shape index (κ3) is 4.56. The monoisotopic (exact) mass is 545 g/mol. The standard InChI is InChI=1S/C29H39NO9/c1-26(2,34)8-5-9-28(35,16-23(31)32)25(33)39-24-22(36-4)15-29-10-6-11-30(29)12-7-18-13-20-21(38-17-37-20)14-19(18)27(24,29)3/h13-15,24,34-35H,5-12,16-17H2,1-4H3,(H,31,32). The van der Waals surface area contributed by atoms with Crippen molar-refractivity contribution >= 4 is 11.9 Å². The van der Waals surface area contributed by atoms with Crippen molar-refractivity contribution in [2.24, 2.45) is 0 Å². The highest BCUT2D eigenvalue weighted by atomic mass is 16.7. The Hall–Kier alpha value is -2.82. The van der Waals surface area contributed by atoms with Crippen LogP contribution < -0.4 is 9.47 Å². The minimum atomic E-state index is -2.26. The zero-order valence-corrected chi connectivity index (χ0v) is 23.1. The molecule has 1 aromatic rings. The molecular weight excluding hydrogens is 506 g/mol. The van der Waals surface area contributed by atoms with Gasteiger partial charge >= 0.3 is 11.9 Å². The summed E-state index contributed by atoms with van der Waals surface area (Å²) in [7, 11) is 1.53. The number of nitrogens with zero attached hydrogens (tertiary/aromatic N) is 1. The first kappa shape index (κ1) is 27.7. The Morgan fingerprint density at radius 3 is 2.54 bits per heavy atom. The lowest BCUT2D eigenvalue weighted by Gasteiger charge is -2.48. The van der Waals surface area contributed by atoms with Crippen LogP contribution in [0.15, 0.2) is 24.0 Å². The van der Waals surface area contributed by atoms with E-state index in [2.05, 4.69) is 17.9 Å². The molecular formula is C29H39NO9. The fraction of sp³-hybridized carbons (Fsp3) is 0.655. The lowest BCUT2D eigenvalue weighted by Crippen LogP contribution is -2.59. The molecule has 4 atom stereocenters. The number of carboxylic acids is 1. The van der Waals surface area contributed by atoms with Gasteiger partial charge in [-0.2, -0.15) is 0 Å². The average molecular weight is 546 g/mol. The van der Waals surface area contributed by atoms with Crippen molar-refractivity contribution in [3.05, 3.63) is 35.1 Å². The SMILES string of the molecule is COC1=CC23CCCN2CCc2cc4c(cc2C3(C)C1OC(=O)C(O)(CCCC(C)(C)O)CC(=O)O)OCO4. The van der Waals surface area contributed by atoms with E-state index in [9.17, 15) is 24.9 Å². The van der Waals surface area contributed by atoms with E-state index in [0.717, 1.165) is 43.5 Å². The van der Waals surface area contributed by atoms with Crippen LogP contribution in [0.5, 0.6) is 11.5 Å². The molecule has 1 saturated heterocycles. The maximum absolute atomic E-state index is 13.7. The molecule has 0 radical (unpaired) electrons. The lowest BCUT2D eigenvalue weighted by molar-refractivity contribution is -0.180. The number of aliphatic hydroxyl groups is 2. The summed E-state index contributed by atoms with van der Waals surface area (Å²) in [5.74, 6) is -0.548. The van der Waals surface area contributed by atoms with Gasteiger partial charge in [0.05, 0.1) is 30.1 Å². The number of carboxylic acid groups (broad SMARTS) is 1. The number of carbonyl (C=O) groups is 2. The Balaban J connectivity index is 1.55. The maximum Gasteiger partial charge on any atom is 0.339 e. The Morgan fingerprint density at radius 2 is 1.87 bits per heavy atom. The largest absolute Gasteiger partial charge is 0.497 e. The molecule has 1 spiro atoms. The van der Waals surface area contributed by atoms with E-state index >= 15 is 0 Å². The molecule has 0 bridgehead atoms. The Labute approximate surface area is 228 Å². The van der Waals surface area contributed by atoms with E-state index in [1.165, 1.54) is 7.11 Å². The number of methoxy groups -OCH3 is 1. The van der Waals surface area contributed by atoms with Crippen molar-refractivity contribution in [3.63, 3.8) is 0 Å². The fourth-order valence-corrected chi connectivity index (χ4v) is 7.12. The van der Waals surface area contributed by atoms with Crippen molar-refractivity contribution in [2.45, 2.75) is 94.0 Å². The van der Waals surface area contributed by atoms with Crippen LogP contribution in [0, 0.1) is 0 Å². The number of rotatable bonds is 9. The molecule has 4 aliphatic rings. The zero-order valence-electron chi connectivity index (χ0n) is 23.1. The molecule has 39 heavy (non-hydrogen) atoms. The summed E-state index contributed by atoms with van der Waals surface area (Å²) >= 11 is 0. The van der Waals surface area contributed by atoms with Gasteiger partial charge in [0.15, 0.2) is 23.2 Å². The van der Waals surface area contributed by atoms with Crippen molar-refractivity contribution < 1.29 is 43.9 Å². The summed E-state index contributed by atoms with van der Waals surface area (Å²) in [6.45, 7) is 7.12. The molecule has 3 aliphatic heterocycles. The van der Waals surface area contributed by atoms with Crippen molar-refractivity contribution in [2.75, 3.05) is 27.0 Å². The van der Waals surface area contributed by atoms with Gasteiger partial charge in [-0.1, -0.05) is 0 Å². The van der Waals surface area contributed by atoms with Gasteiger partial charge in [-0.05, 0) is 95.2 Å². The molecule has 0 saturated carbocycles. The van der Waals surface area contributed by atoms with Gasteiger partial charge in [-0.3, -0.25) is 9.69 Å². The van der Waals surface area contributed by atoms with E-state index in [-0.39, 0.29) is 26.1 Å². The van der Waals surface area contributed by atoms with E-state index in [4.69, 9.17) is 18.9 Å². The number of carbonyl (C=O) groups excluding carboxylic acids is 1. The highest BCUT2D eigenvalue weighted by Gasteiger charge is 2.66. The minimum Gasteiger partial charge on any atom is -0.497 e. The van der Waals surface area contributed by atoms with Gasteiger partial charge in [0.25, 0.3) is 0 Å². The highest BCUT2D eigenvalue weighted by molar-refractivity contribution is 5.85. The summed E-state index contributed by atoms with van der Waals surface area (Å²) in [4.78, 5) is 27.9. The molecule has 10 heteroatoms. The lowest BCUT2D eigenvalue weighted by atomic mass is 9.65.